The Morgan fingerprint density at radius 2 is 1.92 bits per heavy atom. The van der Waals surface area contributed by atoms with Crippen LogP contribution in [0, 0.1) is 20.8 Å². The van der Waals surface area contributed by atoms with Gasteiger partial charge in [0.2, 0.25) is 0 Å². The first-order valence-corrected chi connectivity index (χ1v) is 7.71. The second-order valence-electron chi connectivity index (χ2n) is 5.99. The van der Waals surface area contributed by atoms with Gasteiger partial charge in [0.15, 0.2) is 0 Å². The number of aryl methyl sites for hydroxylation is 3. The summed E-state index contributed by atoms with van der Waals surface area (Å²) in [4.78, 5) is 27.4. The summed E-state index contributed by atoms with van der Waals surface area (Å²) in [6, 6.07) is 2.74. The Bertz CT molecular complexity index is 795. The quantitative estimate of drug-likeness (QED) is 0.871. The van der Waals surface area contributed by atoms with Crippen LogP contribution in [0.3, 0.4) is 0 Å². The molecule has 0 aliphatic carbocycles. The Hall–Kier alpha value is -2.70. The minimum atomic E-state index is -1.05. The van der Waals surface area contributed by atoms with Gasteiger partial charge in [-0.2, -0.15) is 5.10 Å². The first-order valence-electron chi connectivity index (χ1n) is 7.71. The zero-order chi connectivity index (χ0) is 18.0. The van der Waals surface area contributed by atoms with E-state index in [1.54, 1.807) is 6.92 Å². The number of carbonyl (C=O) groups is 2. The summed E-state index contributed by atoms with van der Waals surface area (Å²) in [5.41, 5.74) is 3.78. The molecule has 2 rings (SSSR count). The van der Waals surface area contributed by atoms with Gasteiger partial charge in [-0.3, -0.25) is 9.48 Å². The molecule has 2 heterocycles. The molecule has 128 valence electrons. The zero-order valence-electron chi connectivity index (χ0n) is 14.5. The van der Waals surface area contributed by atoms with Crippen LogP contribution in [-0.4, -0.2) is 37.8 Å². The number of nitrogens with zero attached hydrogens (tertiary/aromatic N) is 3. The van der Waals surface area contributed by atoms with Crippen molar-refractivity contribution in [3.05, 3.63) is 46.0 Å². The minimum absolute atomic E-state index is 0.0969. The van der Waals surface area contributed by atoms with Gasteiger partial charge >= 0.3 is 5.97 Å². The number of rotatable bonds is 5. The summed E-state index contributed by atoms with van der Waals surface area (Å²) in [7, 11) is 1.89. The van der Waals surface area contributed by atoms with Crippen LogP contribution in [0.4, 0.5) is 0 Å². The Morgan fingerprint density at radius 3 is 2.42 bits per heavy atom. The van der Waals surface area contributed by atoms with Crippen molar-refractivity contribution >= 4 is 11.9 Å². The van der Waals surface area contributed by atoms with E-state index in [-0.39, 0.29) is 23.2 Å². The Labute approximate surface area is 140 Å². The van der Waals surface area contributed by atoms with Crippen LogP contribution in [0.5, 0.6) is 0 Å². The Morgan fingerprint density at radius 1 is 1.25 bits per heavy atom. The number of aromatic nitrogens is 3. The number of hydrogen-bond donors (Lipinski definition) is 2. The number of carboxylic acids is 1. The molecule has 0 spiro atoms. The van der Waals surface area contributed by atoms with Crippen LogP contribution in [0.2, 0.25) is 0 Å². The third-order valence-corrected chi connectivity index (χ3v) is 4.10. The fourth-order valence-corrected chi connectivity index (χ4v) is 2.68. The van der Waals surface area contributed by atoms with Crippen molar-refractivity contribution in [2.75, 3.05) is 0 Å². The summed E-state index contributed by atoms with van der Waals surface area (Å²) in [5, 5.41) is 16.3. The topological polar surface area (TPSA) is 97.1 Å². The third-order valence-electron chi connectivity index (χ3n) is 4.10. The molecule has 2 aromatic heterocycles. The number of amides is 1. The van der Waals surface area contributed by atoms with E-state index in [9.17, 15) is 9.59 Å². The van der Waals surface area contributed by atoms with Gasteiger partial charge < -0.3 is 10.4 Å². The van der Waals surface area contributed by atoms with Gasteiger partial charge in [0, 0.05) is 18.8 Å². The van der Waals surface area contributed by atoms with Gasteiger partial charge in [-0.05, 0) is 51.8 Å². The van der Waals surface area contributed by atoms with Crippen LogP contribution in [-0.2, 0) is 13.5 Å². The van der Waals surface area contributed by atoms with Crippen molar-refractivity contribution in [1.82, 2.24) is 20.1 Å². The molecule has 0 aliphatic rings. The molecule has 0 aromatic carbocycles. The van der Waals surface area contributed by atoms with Gasteiger partial charge in [0.25, 0.3) is 5.91 Å². The number of aromatic carboxylic acids is 1. The van der Waals surface area contributed by atoms with E-state index >= 15 is 0 Å². The lowest BCUT2D eigenvalue weighted by molar-refractivity contribution is 0.0694. The SMILES string of the molecule is Cc1nc(C(=O)NC(C)Cc2c(C)nn(C)c2C)ccc1C(=O)O. The summed E-state index contributed by atoms with van der Waals surface area (Å²) < 4.78 is 1.83. The van der Waals surface area contributed by atoms with Crippen molar-refractivity contribution in [3.63, 3.8) is 0 Å². The fourth-order valence-electron chi connectivity index (χ4n) is 2.68. The van der Waals surface area contributed by atoms with Crippen LogP contribution in [0.25, 0.3) is 0 Å². The van der Waals surface area contributed by atoms with Crippen LogP contribution in [0.15, 0.2) is 12.1 Å². The van der Waals surface area contributed by atoms with Gasteiger partial charge in [0.05, 0.1) is 17.0 Å². The largest absolute Gasteiger partial charge is 0.478 e. The normalized spacial score (nSPS) is 12.0. The van der Waals surface area contributed by atoms with E-state index in [2.05, 4.69) is 15.4 Å². The highest BCUT2D eigenvalue weighted by atomic mass is 16.4. The average Bonchev–Trinajstić information content (AvgIpc) is 2.73. The van der Waals surface area contributed by atoms with Crippen molar-refractivity contribution in [3.8, 4) is 0 Å². The maximum absolute atomic E-state index is 12.3. The first-order chi connectivity index (χ1) is 11.2. The van der Waals surface area contributed by atoms with Crippen molar-refractivity contribution in [2.24, 2.45) is 7.05 Å². The van der Waals surface area contributed by atoms with Gasteiger partial charge in [-0.1, -0.05) is 0 Å². The smallest absolute Gasteiger partial charge is 0.337 e. The monoisotopic (exact) mass is 330 g/mol. The van der Waals surface area contributed by atoms with E-state index in [4.69, 9.17) is 5.11 Å². The van der Waals surface area contributed by atoms with Crippen molar-refractivity contribution < 1.29 is 14.7 Å². The Kier molecular flexibility index (Phi) is 5.02. The molecule has 0 fully saturated rings. The maximum atomic E-state index is 12.3. The van der Waals surface area contributed by atoms with Crippen molar-refractivity contribution in [2.45, 2.75) is 40.2 Å². The lowest BCUT2D eigenvalue weighted by Gasteiger charge is -2.14. The molecule has 2 aromatic rings. The van der Waals surface area contributed by atoms with E-state index in [0.717, 1.165) is 17.0 Å². The van der Waals surface area contributed by atoms with Gasteiger partial charge in [0.1, 0.15) is 5.69 Å². The van der Waals surface area contributed by atoms with Crippen LogP contribution >= 0.6 is 0 Å². The molecule has 2 N–H and O–H groups in total. The summed E-state index contributed by atoms with van der Waals surface area (Å²) in [5.74, 6) is -1.37. The Balaban J connectivity index is 2.09. The van der Waals surface area contributed by atoms with Crippen LogP contribution in [0.1, 0.15) is 50.4 Å². The molecule has 1 amide bonds. The molecule has 0 radical (unpaired) electrons. The predicted molar refractivity (Wildman–Crippen MR) is 89.2 cm³/mol. The second kappa shape index (κ2) is 6.82. The third kappa shape index (κ3) is 3.61. The summed E-state index contributed by atoms with van der Waals surface area (Å²) in [6.45, 7) is 7.44. The lowest BCUT2D eigenvalue weighted by atomic mass is 10.1. The molecular weight excluding hydrogens is 308 g/mol. The molecular formula is C17H22N4O3. The summed E-state index contributed by atoms with van der Waals surface area (Å²) >= 11 is 0. The highest BCUT2D eigenvalue weighted by Gasteiger charge is 2.17. The second-order valence-corrected chi connectivity index (χ2v) is 5.99. The summed E-state index contributed by atoms with van der Waals surface area (Å²) in [6.07, 6.45) is 0.670. The van der Waals surface area contributed by atoms with E-state index in [0.29, 0.717) is 12.1 Å². The molecule has 1 atom stereocenters. The molecule has 0 saturated carbocycles. The highest BCUT2D eigenvalue weighted by molar-refractivity contribution is 5.94. The number of carboxylic acid groups (broad SMARTS) is 1. The molecule has 0 bridgehead atoms. The van der Waals surface area contributed by atoms with Gasteiger partial charge in [-0.15, -0.1) is 0 Å². The molecule has 7 nitrogen and oxygen atoms in total. The minimum Gasteiger partial charge on any atom is -0.478 e. The predicted octanol–water partition coefficient (Wildman–Crippen LogP) is 1.80. The average molecular weight is 330 g/mol. The fraction of sp³-hybridized carbons (Fsp3) is 0.412. The van der Waals surface area contributed by atoms with E-state index in [1.807, 2.05) is 32.5 Å². The highest BCUT2D eigenvalue weighted by Crippen LogP contribution is 2.14. The number of hydrogen-bond acceptors (Lipinski definition) is 4. The van der Waals surface area contributed by atoms with E-state index < -0.39 is 5.97 Å². The number of pyridine rings is 1. The van der Waals surface area contributed by atoms with Gasteiger partial charge in [-0.25, -0.2) is 9.78 Å². The molecule has 0 aliphatic heterocycles. The molecule has 24 heavy (non-hydrogen) atoms. The maximum Gasteiger partial charge on any atom is 0.337 e. The van der Waals surface area contributed by atoms with Crippen LogP contribution < -0.4 is 5.32 Å². The van der Waals surface area contributed by atoms with Crippen molar-refractivity contribution in [1.29, 1.82) is 0 Å². The standard InChI is InChI=1S/C17H22N4O3/c1-9(8-14-11(3)20-21(5)12(14)4)18-16(22)15-7-6-13(17(23)24)10(2)19-15/h6-7,9H,8H2,1-5H3,(H,18,22)(H,23,24). The molecule has 7 heteroatoms. The molecule has 0 saturated heterocycles. The van der Waals surface area contributed by atoms with E-state index in [1.165, 1.54) is 12.1 Å². The first kappa shape index (κ1) is 17.7. The number of carbonyl (C=O) groups excluding carboxylic acids is 1. The molecule has 1 unspecified atom stereocenters. The zero-order valence-corrected chi connectivity index (χ0v) is 14.5. The number of nitrogens with one attached hydrogen (secondary N) is 1. The lowest BCUT2D eigenvalue weighted by Crippen LogP contribution is -2.35.